The van der Waals surface area contributed by atoms with Gasteiger partial charge in [-0.2, -0.15) is 0 Å². The molecule has 2 aliphatic rings. The molecule has 3 heteroatoms. The molecule has 3 nitrogen and oxygen atoms in total. The lowest BCUT2D eigenvalue weighted by molar-refractivity contribution is -0.129. The number of nitrogens with one attached hydrogen (secondary N) is 1. The van der Waals surface area contributed by atoms with Crippen molar-refractivity contribution in [1.29, 1.82) is 0 Å². The molecule has 2 fully saturated rings. The quantitative estimate of drug-likeness (QED) is 0.880. The summed E-state index contributed by atoms with van der Waals surface area (Å²) in [6, 6.07) is 10.3. The van der Waals surface area contributed by atoms with Gasteiger partial charge in [0.1, 0.15) is 6.17 Å². The molecule has 0 bridgehead atoms. The van der Waals surface area contributed by atoms with E-state index in [1.54, 1.807) is 0 Å². The van der Waals surface area contributed by atoms with E-state index >= 15 is 0 Å². The number of hydrogen-bond acceptors (Lipinski definition) is 2. The molecule has 1 saturated heterocycles. The molecule has 3 rings (SSSR count). The van der Waals surface area contributed by atoms with Crippen molar-refractivity contribution in [2.45, 2.75) is 38.8 Å². The maximum absolute atomic E-state index is 12.1. The zero-order valence-electron chi connectivity index (χ0n) is 11.6. The van der Waals surface area contributed by atoms with Gasteiger partial charge >= 0.3 is 0 Å². The molecule has 1 atom stereocenters. The summed E-state index contributed by atoms with van der Waals surface area (Å²) in [7, 11) is 0. The van der Waals surface area contributed by atoms with Crippen LogP contribution in [0.5, 0.6) is 0 Å². The second kappa shape index (κ2) is 4.97. The summed E-state index contributed by atoms with van der Waals surface area (Å²) < 4.78 is 0. The second-order valence-corrected chi connectivity index (χ2v) is 5.97. The molecule has 0 aromatic heterocycles. The van der Waals surface area contributed by atoms with Crippen LogP contribution in [-0.4, -0.2) is 23.9 Å². The normalized spacial score (nSPS) is 24.8. The van der Waals surface area contributed by atoms with E-state index in [4.69, 9.17) is 0 Å². The minimum absolute atomic E-state index is 0.0723. The van der Waals surface area contributed by atoms with Crippen LogP contribution in [0.3, 0.4) is 0 Å². The summed E-state index contributed by atoms with van der Waals surface area (Å²) in [6.07, 6.45) is 5.10. The molecule has 19 heavy (non-hydrogen) atoms. The van der Waals surface area contributed by atoms with Gasteiger partial charge in [-0.05, 0) is 30.2 Å². The number of carbonyl (C=O) groups excluding carboxylic acids is 1. The maximum atomic E-state index is 12.1. The summed E-state index contributed by atoms with van der Waals surface area (Å²) >= 11 is 0. The molecule has 1 amide bonds. The number of hydrogen-bond donors (Lipinski definition) is 1. The summed E-state index contributed by atoms with van der Waals surface area (Å²) in [4.78, 5) is 14.2. The largest absolute Gasteiger partial charge is 0.321 e. The highest BCUT2D eigenvalue weighted by atomic mass is 16.2. The lowest BCUT2D eigenvalue weighted by Gasteiger charge is -2.29. The third kappa shape index (κ3) is 2.52. The number of amides is 1. The smallest absolute Gasteiger partial charge is 0.238 e. The fourth-order valence-electron chi connectivity index (χ4n) is 3.21. The van der Waals surface area contributed by atoms with E-state index in [0.717, 1.165) is 6.54 Å². The maximum Gasteiger partial charge on any atom is 0.238 e. The molecular formula is C16H22N2O. The van der Waals surface area contributed by atoms with Crippen molar-refractivity contribution in [3.05, 3.63) is 35.9 Å². The molecule has 1 aromatic rings. The van der Waals surface area contributed by atoms with Gasteiger partial charge in [0.25, 0.3) is 0 Å². The molecule has 102 valence electrons. The highest BCUT2D eigenvalue weighted by molar-refractivity contribution is 5.81. The Hall–Kier alpha value is -1.35. The third-order valence-corrected chi connectivity index (χ3v) is 4.44. The minimum atomic E-state index is 0.0723. The Balaban J connectivity index is 1.76. The fourth-order valence-corrected chi connectivity index (χ4v) is 3.21. The summed E-state index contributed by atoms with van der Waals surface area (Å²) in [5.74, 6) is 0.247. The predicted octanol–water partition coefficient (Wildman–Crippen LogP) is 2.70. The van der Waals surface area contributed by atoms with Crippen molar-refractivity contribution in [1.82, 2.24) is 10.2 Å². The van der Waals surface area contributed by atoms with E-state index in [1.807, 2.05) is 18.2 Å². The van der Waals surface area contributed by atoms with Crippen LogP contribution in [0, 0.1) is 5.41 Å². The van der Waals surface area contributed by atoms with Gasteiger partial charge in [-0.1, -0.05) is 43.7 Å². The highest BCUT2D eigenvalue weighted by Crippen LogP contribution is 2.51. The van der Waals surface area contributed by atoms with E-state index in [1.165, 1.54) is 31.2 Å². The number of benzene rings is 1. The molecule has 1 heterocycles. The van der Waals surface area contributed by atoms with Gasteiger partial charge in [0.2, 0.25) is 5.91 Å². The Bertz CT molecular complexity index is 453. The van der Waals surface area contributed by atoms with Crippen LogP contribution in [0.2, 0.25) is 0 Å². The van der Waals surface area contributed by atoms with Crippen molar-refractivity contribution >= 4 is 5.91 Å². The van der Waals surface area contributed by atoms with Crippen LogP contribution in [0.15, 0.2) is 30.3 Å². The number of carbonyl (C=O) groups is 1. The van der Waals surface area contributed by atoms with Crippen molar-refractivity contribution in [3.63, 3.8) is 0 Å². The number of rotatable bonds is 5. The molecule has 1 aromatic carbocycles. The van der Waals surface area contributed by atoms with Crippen LogP contribution < -0.4 is 5.32 Å². The minimum Gasteiger partial charge on any atom is -0.321 e. The van der Waals surface area contributed by atoms with Crippen molar-refractivity contribution < 1.29 is 4.79 Å². The van der Waals surface area contributed by atoms with Crippen molar-refractivity contribution in [2.24, 2.45) is 5.41 Å². The van der Waals surface area contributed by atoms with Crippen LogP contribution >= 0.6 is 0 Å². The molecule has 1 saturated carbocycles. The van der Waals surface area contributed by atoms with E-state index in [9.17, 15) is 4.79 Å². The van der Waals surface area contributed by atoms with Crippen molar-refractivity contribution in [2.75, 3.05) is 13.1 Å². The van der Waals surface area contributed by atoms with Gasteiger partial charge in [0.05, 0.1) is 6.54 Å². The number of nitrogens with zero attached hydrogens (tertiary/aromatic N) is 1. The van der Waals surface area contributed by atoms with E-state index in [0.29, 0.717) is 12.0 Å². The van der Waals surface area contributed by atoms with Gasteiger partial charge in [0.15, 0.2) is 0 Å². The lowest BCUT2D eigenvalue weighted by atomic mass is 9.99. The molecule has 1 unspecified atom stereocenters. The first kappa shape index (κ1) is 12.7. The first-order chi connectivity index (χ1) is 9.24. The summed E-state index contributed by atoms with van der Waals surface area (Å²) in [5.41, 5.74) is 1.62. The van der Waals surface area contributed by atoms with Gasteiger partial charge < -0.3 is 4.90 Å². The van der Waals surface area contributed by atoms with E-state index in [2.05, 4.69) is 29.3 Å². The molecular weight excluding hydrogens is 236 g/mol. The van der Waals surface area contributed by atoms with Gasteiger partial charge in [-0.3, -0.25) is 10.1 Å². The van der Waals surface area contributed by atoms with Gasteiger partial charge in [0, 0.05) is 6.54 Å². The van der Waals surface area contributed by atoms with Crippen molar-refractivity contribution in [3.8, 4) is 0 Å². The standard InChI is InChI=1S/C16H22N2O/c1-2-8-16(9-10-16)12-18-14(19)11-17-15(18)13-6-4-3-5-7-13/h3-7,15,17H,2,8-12H2,1H3. The monoisotopic (exact) mass is 258 g/mol. The Morgan fingerprint density at radius 2 is 2.05 bits per heavy atom. The van der Waals surface area contributed by atoms with Crippen LogP contribution in [0.25, 0.3) is 0 Å². The summed E-state index contributed by atoms with van der Waals surface area (Å²) in [5, 5.41) is 3.34. The van der Waals surface area contributed by atoms with E-state index in [-0.39, 0.29) is 12.1 Å². The Labute approximate surface area is 115 Å². The Morgan fingerprint density at radius 1 is 1.32 bits per heavy atom. The molecule has 1 aliphatic carbocycles. The van der Waals surface area contributed by atoms with Crippen LogP contribution in [-0.2, 0) is 4.79 Å². The predicted molar refractivity (Wildman–Crippen MR) is 75.5 cm³/mol. The fraction of sp³-hybridized carbons (Fsp3) is 0.562. The Morgan fingerprint density at radius 3 is 2.68 bits per heavy atom. The second-order valence-electron chi connectivity index (χ2n) is 5.97. The zero-order valence-corrected chi connectivity index (χ0v) is 11.6. The highest BCUT2D eigenvalue weighted by Gasteiger charge is 2.46. The van der Waals surface area contributed by atoms with E-state index < -0.39 is 0 Å². The molecule has 0 radical (unpaired) electrons. The van der Waals surface area contributed by atoms with Gasteiger partial charge in [-0.25, -0.2) is 0 Å². The van der Waals surface area contributed by atoms with Crippen LogP contribution in [0.4, 0.5) is 0 Å². The average molecular weight is 258 g/mol. The summed E-state index contributed by atoms with van der Waals surface area (Å²) in [6.45, 7) is 3.63. The topological polar surface area (TPSA) is 32.3 Å². The molecule has 1 aliphatic heterocycles. The zero-order chi connectivity index (χ0) is 13.3. The Kier molecular flexibility index (Phi) is 3.31. The molecule has 0 spiro atoms. The first-order valence-corrected chi connectivity index (χ1v) is 7.32. The first-order valence-electron chi connectivity index (χ1n) is 7.32. The third-order valence-electron chi connectivity index (χ3n) is 4.44. The lowest BCUT2D eigenvalue weighted by Crippen LogP contribution is -2.35. The van der Waals surface area contributed by atoms with Gasteiger partial charge in [-0.15, -0.1) is 0 Å². The molecule has 1 N–H and O–H groups in total. The van der Waals surface area contributed by atoms with Crippen LogP contribution in [0.1, 0.15) is 44.3 Å². The SMILES string of the molecule is CCCC1(CN2C(=O)CNC2c2ccccc2)CC1. The average Bonchev–Trinajstić information content (AvgIpc) is 3.09.